The molecule has 2 heterocycles. The van der Waals surface area contributed by atoms with Crippen LogP contribution in [-0.4, -0.2) is 70.9 Å². The minimum atomic E-state index is -0.287. The van der Waals surface area contributed by atoms with Gasteiger partial charge in [-0.1, -0.05) is 33.3 Å². The van der Waals surface area contributed by atoms with Gasteiger partial charge in [-0.15, -0.1) is 0 Å². The van der Waals surface area contributed by atoms with Gasteiger partial charge in [0.15, 0.2) is 0 Å². The number of urea groups is 1. The lowest BCUT2D eigenvalue weighted by molar-refractivity contribution is 0.173. The van der Waals surface area contributed by atoms with Crippen molar-refractivity contribution in [3.63, 3.8) is 0 Å². The topological polar surface area (TPSA) is 56.6 Å². The summed E-state index contributed by atoms with van der Waals surface area (Å²) in [5, 5.41) is 7.93. The standard InChI is InChI=1S/C26H41FN6O/c1-6-9-13-28-26(34)32(20(4)7-2)19-24-21(5)29-33(23-12-10-11-22(27)18-23)25(24)31-16-14-30(8-3)15-17-31/h10-12,18,20H,6-9,13-17,19H2,1-5H3,(H,28,34)/t20-/m1/s1. The molecule has 34 heavy (non-hydrogen) atoms. The van der Waals surface area contributed by atoms with Crippen LogP contribution in [0.4, 0.5) is 15.0 Å². The molecular weight excluding hydrogens is 431 g/mol. The number of aryl methyl sites for hydroxylation is 1. The van der Waals surface area contributed by atoms with E-state index in [1.807, 2.05) is 22.6 Å². The highest BCUT2D eigenvalue weighted by Crippen LogP contribution is 2.30. The SMILES string of the molecule is CCCCNC(=O)N(Cc1c(C)nn(-c2cccc(F)c2)c1N1CCN(CC)CC1)[C@H](C)CC. The van der Waals surface area contributed by atoms with Crippen LogP contribution in [-0.2, 0) is 6.54 Å². The fourth-order valence-corrected chi connectivity index (χ4v) is 4.41. The number of likely N-dealkylation sites (N-methyl/N-ethyl adjacent to an activating group) is 1. The number of carbonyl (C=O) groups excluding carboxylic acids is 1. The summed E-state index contributed by atoms with van der Waals surface area (Å²) in [5.74, 6) is 0.680. The minimum absolute atomic E-state index is 0.0394. The average Bonchev–Trinajstić information content (AvgIpc) is 3.17. The molecule has 1 aromatic carbocycles. The molecule has 1 atom stereocenters. The Labute approximate surface area is 203 Å². The number of halogens is 1. The van der Waals surface area contributed by atoms with Crippen LogP contribution in [0.5, 0.6) is 0 Å². The van der Waals surface area contributed by atoms with Crippen LogP contribution in [0.2, 0.25) is 0 Å². The zero-order valence-electron chi connectivity index (χ0n) is 21.5. The summed E-state index contributed by atoms with van der Waals surface area (Å²) in [6.07, 6.45) is 2.86. The van der Waals surface area contributed by atoms with E-state index in [0.29, 0.717) is 18.8 Å². The molecule has 3 rings (SSSR count). The zero-order valence-corrected chi connectivity index (χ0v) is 21.5. The molecule has 1 aliphatic rings. The Morgan fingerprint density at radius 3 is 2.56 bits per heavy atom. The third-order valence-electron chi connectivity index (χ3n) is 6.85. The van der Waals surface area contributed by atoms with Gasteiger partial charge in [0.25, 0.3) is 0 Å². The summed E-state index contributed by atoms with van der Waals surface area (Å²) in [7, 11) is 0. The Hall–Kier alpha value is -2.61. The minimum Gasteiger partial charge on any atom is -0.354 e. The number of benzene rings is 1. The largest absolute Gasteiger partial charge is 0.354 e. The van der Waals surface area contributed by atoms with E-state index in [1.165, 1.54) is 12.1 Å². The summed E-state index contributed by atoms with van der Waals surface area (Å²) >= 11 is 0. The van der Waals surface area contributed by atoms with Crippen LogP contribution in [0.3, 0.4) is 0 Å². The van der Waals surface area contributed by atoms with Crippen LogP contribution < -0.4 is 10.2 Å². The van der Waals surface area contributed by atoms with Crippen molar-refractivity contribution in [2.75, 3.05) is 44.2 Å². The van der Waals surface area contributed by atoms with Gasteiger partial charge in [-0.2, -0.15) is 5.10 Å². The number of piperazine rings is 1. The van der Waals surface area contributed by atoms with Crippen molar-refractivity contribution in [1.29, 1.82) is 0 Å². The lowest BCUT2D eigenvalue weighted by Crippen LogP contribution is -2.48. The van der Waals surface area contributed by atoms with Crippen LogP contribution >= 0.6 is 0 Å². The van der Waals surface area contributed by atoms with Gasteiger partial charge in [0.1, 0.15) is 11.6 Å². The lowest BCUT2D eigenvalue weighted by Gasteiger charge is -2.37. The Morgan fingerprint density at radius 1 is 1.21 bits per heavy atom. The molecule has 0 saturated carbocycles. The van der Waals surface area contributed by atoms with Gasteiger partial charge in [0.2, 0.25) is 0 Å². The van der Waals surface area contributed by atoms with E-state index in [2.05, 4.69) is 42.8 Å². The molecule has 0 bridgehead atoms. The Bertz CT molecular complexity index is 937. The van der Waals surface area contributed by atoms with E-state index in [4.69, 9.17) is 5.10 Å². The summed E-state index contributed by atoms with van der Waals surface area (Å²) < 4.78 is 16.0. The highest BCUT2D eigenvalue weighted by atomic mass is 19.1. The summed E-state index contributed by atoms with van der Waals surface area (Å²) in [4.78, 5) is 19.8. The maximum absolute atomic E-state index is 14.1. The molecule has 1 N–H and O–H groups in total. The quantitative estimate of drug-likeness (QED) is 0.515. The van der Waals surface area contributed by atoms with E-state index in [0.717, 1.165) is 69.1 Å². The van der Waals surface area contributed by atoms with Gasteiger partial charge in [-0.3, -0.25) is 0 Å². The van der Waals surface area contributed by atoms with Gasteiger partial charge >= 0.3 is 6.03 Å². The second-order valence-electron chi connectivity index (χ2n) is 9.17. The summed E-state index contributed by atoms with van der Waals surface area (Å²) in [6.45, 7) is 16.3. The third-order valence-corrected chi connectivity index (χ3v) is 6.85. The van der Waals surface area contributed by atoms with Gasteiger partial charge in [-0.25, -0.2) is 13.9 Å². The molecule has 0 radical (unpaired) electrons. The number of amides is 2. The molecule has 0 unspecified atom stereocenters. The second kappa shape index (κ2) is 12.2. The van der Waals surface area contributed by atoms with Crippen molar-refractivity contribution in [2.24, 2.45) is 0 Å². The molecule has 188 valence electrons. The number of nitrogens with one attached hydrogen (secondary N) is 1. The van der Waals surface area contributed by atoms with Crippen molar-refractivity contribution in [1.82, 2.24) is 24.9 Å². The first-order valence-corrected chi connectivity index (χ1v) is 12.8. The van der Waals surface area contributed by atoms with Crippen LogP contribution in [0.25, 0.3) is 5.69 Å². The first-order valence-electron chi connectivity index (χ1n) is 12.8. The smallest absolute Gasteiger partial charge is 0.317 e. The Kier molecular flexibility index (Phi) is 9.33. The molecular formula is C26H41FN6O. The summed E-state index contributed by atoms with van der Waals surface area (Å²) in [5.41, 5.74) is 2.59. The van der Waals surface area contributed by atoms with Crippen LogP contribution in [0.15, 0.2) is 24.3 Å². The number of unbranched alkanes of at least 4 members (excludes halogenated alkanes) is 1. The number of carbonyl (C=O) groups is 1. The average molecular weight is 473 g/mol. The van der Waals surface area contributed by atoms with Crippen molar-refractivity contribution < 1.29 is 9.18 Å². The Morgan fingerprint density at radius 2 is 1.94 bits per heavy atom. The van der Waals surface area contributed by atoms with Crippen LogP contribution in [0.1, 0.15) is 58.2 Å². The van der Waals surface area contributed by atoms with E-state index >= 15 is 0 Å². The highest BCUT2D eigenvalue weighted by Gasteiger charge is 2.29. The summed E-state index contributed by atoms with van der Waals surface area (Å²) in [6, 6.07) is 6.62. The van der Waals surface area contributed by atoms with Gasteiger partial charge in [-0.05, 0) is 51.4 Å². The number of aromatic nitrogens is 2. The van der Waals surface area contributed by atoms with Crippen molar-refractivity contribution in [3.05, 3.63) is 41.3 Å². The normalized spacial score (nSPS) is 15.4. The van der Waals surface area contributed by atoms with E-state index in [9.17, 15) is 9.18 Å². The Balaban J connectivity index is 2.00. The molecule has 1 aromatic heterocycles. The first kappa shape index (κ1) is 26.0. The molecule has 2 aromatic rings. The number of nitrogens with zero attached hydrogens (tertiary/aromatic N) is 5. The predicted octanol–water partition coefficient (Wildman–Crippen LogP) is 4.57. The maximum atomic E-state index is 14.1. The van der Waals surface area contributed by atoms with E-state index < -0.39 is 0 Å². The third kappa shape index (κ3) is 6.09. The lowest BCUT2D eigenvalue weighted by atomic mass is 10.1. The van der Waals surface area contributed by atoms with Gasteiger partial charge in [0.05, 0.1) is 17.9 Å². The molecule has 1 aliphatic heterocycles. The van der Waals surface area contributed by atoms with Crippen molar-refractivity contribution in [2.45, 2.75) is 66.5 Å². The molecule has 1 saturated heterocycles. The molecule has 7 nitrogen and oxygen atoms in total. The predicted molar refractivity (Wildman–Crippen MR) is 136 cm³/mol. The number of hydrogen-bond acceptors (Lipinski definition) is 4. The van der Waals surface area contributed by atoms with E-state index in [-0.39, 0.29) is 17.9 Å². The zero-order chi connectivity index (χ0) is 24.7. The number of rotatable bonds is 10. The fourth-order valence-electron chi connectivity index (χ4n) is 4.41. The fraction of sp³-hybridized carbons (Fsp3) is 0.615. The van der Waals surface area contributed by atoms with Crippen molar-refractivity contribution >= 4 is 11.8 Å². The first-order chi connectivity index (χ1) is 16.4. The van der Waals surface area contributed by atoms with Crippen molar-refractivity contribution in [3.8, 4) is 5.69 Å². The van der Waals surface area contributed by atoms with Gasteiger partial charge < -0.3 is 20.0 Å². The van der Waals surface area contributed by atoms with Crippen LogP contribution in [0, 0.1) is 12.7 Å². The second-order valence-corrected chi connectivity index (χ2v) is 9.17. The highest BCUT2D eigenvalue weighted by molar-refractivity contribution is 5.75. The maximum Gasteiger partial charge on any atom is 0.317 e. The number of hydrogen-bond donors (Lipinski definition) is 1. The van der Waals surface area contributed by atoms with Gasteiger partial charge in [0, 0.05) is 44.3 Å². The van der Waals surface area contributed by atoms with E-state index in [1.54, 1.807) is 6.07 Å². The monoisotopic (exact) mass is 472 g/mol. The number of anilines is 1. The molecule has 0 spiro atoms. The molecule has 8 heteroatoms. The molecule has 2 amide bonds. The molecule has 1 fully saturated rings. The molecule has 0 aliphatic carbocycles.